The molecule has 1 amide bonds. The molecule has 0 spiro atoms. The second-order valence-electron chi connectivity index (χ2n) is 7.44. The molecule has 2 unspecified atom stereocenters. The van der Waals surface area contributed by atoms with Gasteiger partial charge in [0.05, 0.1) is 17.5 Å². The van der Waals surface area contributed by atoms with E-state index in [0.717, 1.165) is 24.8 Å². The van der Waals surface area contributed by atoms with Crippen LogP contribution in [0.25, 0.3) is 0 Å². The van der Waals surface area contributed by atoms with Gasteiger partial charge in [0, 0.05) is 18.1 Å². The lowest BCUT2D eigenvalue weighted by Crippen LogP contribution is -2.46. The molecule has 136 valence electrons. The van der Waals surface area contributed by atoms with Gasteiger partial charge in [0.1, 0.15) is 0 Å². The summed E-state index contributed by atoms with van der Waals surface area (Å²) in [6.07, 6.45) is 2.64. The van der Waals surface area contributed by atoms with E-state index in [-0.39, 0.29) is 23.9 Å². The summed E-state index contributed by atoms with van der Waals surface area (Å²) in [7, 11) is 0. The molecule has 1 aromatic rings. The standard InChI is InChI=1S/C19H25ClN2O3/c1-12(14-5-7-16(20)8-6-14)21-17(23)13(2)22-10-15-4-3-9-19(15,11-22)18(24)25/h5-8,12-13,15H,3-4,9-11H2,1-2H3,(H,21,23)(H,24,25)/t12?,13?,15-,19+/m0/s1. The first-order chi connectivity index (χ1) is 11.8. The molecule has 4 atom stereocenters. The number of aliphatic carboxylic acids is 1. The highest BCUT2D eigenvalue weighted by Gasteiger charge is 2.55. The topological polar surface area (TPSA) is 69.6 Å². The molecule has 0 bridgehead atoms. The lowest BCUT2D eigenvalue weighted by molar-refractivity contribution is -0.149. The SMILES string of the molecule is CC(NC(=O)C(C)N1C[C@@H]2CCC[C@@]2(C(=O)O)C1)c1ccc(Cl)cc1. The van der Waals surface area contributed by atoms with E-state index in [1.54, 1.807) is 12.1 Å². The van der Waals surface area contributed by atoms with Crippen LogP contribution in [0.3, 0.4) is 0 Å². The van der Waals surface area contributed by atoms with Crippen LogP contribution in [0.2, 0.25) is 5.02 Å². The Morgan fingerprint density at radius 1 is 1.32 bits per heavy atom. The quantitative estimate of drug-likeness (QED) is 0.842. The monoisotopic (exact) mass is 364 g/mol. The van der Waals surface area contributed by atoms with Crippen molar-refractivity contribution in [2.24, 2.45) is 11.3 Å². The maximum Gasteiger partial charge on any atom is 0.311 e. The minimum atomic E-state index is -0.709. The summed E-state index contributed by atoms with van der Waals surface area (Å²) in [4.78, 5) is 26.5. The number of nitrogens with zero attached hydrogens (tertiary/aromatic N) is 1. The fourth-order valence-corrected chi connectivity index (χ4v) is 4.43. The highest BCUT2D eigenvalue weighted by Crippen LogP contribution is 2.49. The molecule has 1 aliphatic carbocycles. The molecule has 0 aromatic heterocycles. The number of carbonyl (C=O) groups is 2. The number of likely N-dealkylation sites (tertiary alicyclic amines) is 1. The van der Waals surface area contributed by atoms with Gasteiger partial charge in [-0.25, -0.2) is 0 Å². The van der Waals surface area contributed by atoms with Gasteiger partial charge in [0.15, 0.2) is 0 Å². The fraction of sp³-hybridized carbons (Fsp3) is 0.579. The van der Waals surface area contributed by atoms with Gasteiger partial charge in [-0.2, -0.15) is 0 Å². The summed E-state index contributed by atoms with van der Waals surface area (Å²) in [6.45, 7) is 4.96. The minimum Gasteiger partial charge on any atom is -0.481 e. The molecule has 5 nitrogen and oxygen atoms in total. The normalized spacial score (nSPS) is 28.4. The van der Waals surface area contributed by atoms with Crippen LogP contribution < -0.4 is 5.32 Å². The Morgan fingerprint density at radius 2 is 2.00 bits per heavy atom. The predicted molar refractivity (Wildman–Crippen MR) is 96.5 cm³/mol. The summed E-state index contributed by atoms with van der Waals surface area (Å²) < 4.78 is 0. The Kier molecular flexibility index (Phi) is 5.07. The molecule has 3 rings (SSSR count). The number of fused-ring (bicyclic) bond motifs is 1. The van der Waals surface area contributed by atoms with Crippen LogP contribution in [-0.4, -0.2) is 41.0 Å². The van der Waals surface area contributed by atoms with Gasteiger partial charge in [-0.3, -0.25) is 14.5 Å². The third-order valence-electron chi connectivity index (χ3n) is 5.98. The van der Waals surface area contributed by atoms with Gasteiger partial charge < -0.3 is 10.4 Å². The molecule has 1 aromatic carbocycles. The van der Waals surface area contributed by atoms with Crippen molar-refractivity contribution < 1.29 is 14.7 Å². The van der Waals surface area contributed by atoms with E-state index >= 15 is 0 Å². The molecule has 25 heavy (non-hydrogen) atoms. The Labute approximate surface area is 153 Å². The molecular weight excluding hydrogens is 340 g/mol. The molecule has 1 aliphatic heterocycles. The lowest BCUT2D eigenvalue weighted by atomic mass is 9.81. The van der Waals surface area contributed by atoms with E-state index < -0.39 is 11.4 Å². The Balaban J connectivity index is 1.63. The van der Waals surface area contributed by atoms with Crippen LogP contribution in [0.15, 0.2) is 24.3 Å². The molecule has 2 aliphatic rings. The van der Waals surface area contributed by atoms with Gasteiger partial charge in [-0.1, -0.05) is 30.2 Å². The van der Waals surface area contributed by atoms with Crippen molar-refractivity contribution in [3.63, 3.8) is 0 Å². The van der Waals surface area contributed by atoms with Crippen molar-refractivity contribution in [1.29, 1.82) is 0 Å². The summed E-state index contributed by atoms with van der Waals surface area (Å²) >= 11 is 5.90. The number of amides is 1. The van der Waals surface area contributed by atoms with Crippen LogP contribution in [0.1, 0.15) is 44.7 Å². The zero-order valence-corrected chi connectivity index (χ0v) is 15.4. The fourth-order valence-electron chi connectivity index (χ4n) is 4.31. The van der Waals surface area contributed by atoms with E-state index in [2.05, 4.69) is 5.32 Å². The third-order valence-corrected chi connectivity index (χ3v) is 6.23. The minimum absolute atomic E-state index is 0.0667. The number of hydrogen-bond acceptors (Lipinski definition) is 3. The van der Waals surface area contributed by atoms with E-state index in [9.17, 15) is 14.7 Å². The first-order valence-electron chi connectivity index (χ1n) is 8.87. The van der Waals surface area contributed by atoms with E-state index in [1.807, 2.05) is 30.9 Å². The molecule has 6 heteroatoms. The number of carboxylic acid groups (broad SMARTS) is 1. The van der Waals surface area contributed by atoms with Gasteiger partial charge in [-0.15, -0.1) is 0 Å². The number of carboxylic acids is 1. The van der Waals surface area contributed by atoms with Crippen LogP contribution in [0.4, 0.5) is 0 Å². The Bertz CT molecular complexity index is 663. The lowest BCUT2D eigenvalue weighted by Gasteiger charge is -2.27. The summed E-state index contributed by atoms with van der Waals surface area (Å²) in [6, 6.07) is 6.96. The van der Waals surface area contributed by atoms with E-state index in [1.165, 1.54) is 0 Å². The smallest absolute Gasteiger partial charge is 0.311 e. The number of rotatable bonds is 5. The molecule has 2 N–H and O–H groups in total. The van der Waals surface area contributed by atoms with Crippen LogP contribution >= 0.6 is 11.6 Å². The number of benzene rings is 1. The Hall–Kier alpha value is -1.59. The van der Waals surface area contributed by atoms with Gasteiger partial charge in [-0.05, 0) is 50.3 Å². The summed E-state index contributed by atoms with van der Waals surface area (Å²) in [5, 5.41) is 13.4. The third kappa shape index (κ3) is 3.40. The summed E-state index contributed by atoms with van der Waals surface area (Å²) in [5.74, 6) is -0.614. The van der Waals surface area contributed by atoms with Crippen molar-refractivity contribution >= 4 is 23.5 Å². The average molecular weight is 365 g/mol. The van der Waals surface area contributed by atoms with Crippen LogP contribution in [0, 0.1) is 11.3 Å². The number of hydrogen-bond donors (Lipinski definition) is 2. The highest BCUT2D eigenvalue weighted by atomic mass is 35.5. The number of nitrogens with one attached hydrogen (secondary N) is 1. The molecule has 1 saturated carbocycles. The second kappa shape index (κ2) is 6.96. The molecule has 1 heterocycles. The molecule has 1 saturated heterocycles. The Morgan fingerprint density at radius 3 is 2.60 bits per heavy atom. The average Bonchev–Trinajstić information content (AvgIpc) is 3.12. The van der Waals surface area contributed by atoms with E-state index in [4.69, 9.17) is 11.6 Å². The largest absolute Gasteiger partial charge is 0.481 e. The molecule has 0 radical (unpaired) electrons. The van der Waals surface area contributed by atoms with Crippen molar-refractivity contribution in [1.82, 2.24) is 10.2 Å². The maximum absolute atomic E-state index is 12.6. The van der Waals surface area contributed by atoms with Crippen molar-refractivity contribution in [3.05, 3.63) is 34.9 Å². The van der Waals surface area contributed by atoms with E-state index in [0.29, 0.717) is 18.1 Å². The summed E-state index contributed by atoms with van der Waals surface area (Å²) in [5.41, 5.74) is 0.335. The zero-order valence-electron chi connectivity index (χ0n) is 14.7. The van der Waals surface area contributed by atoms with Crippen molar-refractivity contribution in [2.75, 3.05) is 13.1 Å². The maximum atomic E-state index is 12.6. The first kappa shape index (κ1) is 18.2. The molecular formula is C19H25ClN2O3. The van der Waals surface area contributed by atoms with Gasteiger partial charge >= 0.3 is 5.97 Å². The van der Waals surface area contributed by atoms with Gasteiger partial charge in [0.2, 0.25) is 5.91 Å². The highest BCUT2D eigenvalue weighted by molar-refractivity contribution is 6.30. The zero-order chi connectivity index (χ0) is 18.2. The van der Waals surface area contributed by atoms with Crippen LogP contribution in [0.5, 0.6) is 0 Å². The van der Waals surface area contributed by atoms with Crippen LogP contribution in [-0.2, 0) is 9.59 Å². The number of carbonyl (C=O) groups excluding carboxylic acids is 1. The first-order valence-corrected chi connectivity index (χ1v) is 9.24. The second-order valence-corrected chi connectivity index (χ2v) is 7.87. The van der Waals surface area contributed by atoms with Crippen molar-refractivity contribution in [3.8, 4) is 0 Å². The number of halogens is 1. The predicted octanol–water partition coefficient (Wildman–Crippen LogP) is 3.09. The van der Waals surface area contributed by atoms with Gasteiger partial charge in [0.25, 0.3) is 0 Å². The van der Waals surface area contributed by atoms with Crippen molar-refractivity contribution in [2.45, 2.75) is 45.2 Å². The molecule has 2 fully saturated rings.